The molecule has 0 fully saturated rings. The molecule has 2 atom stereocenters. The number of amides is 1. The Kier molecular flexibility index (Phi) is 7.97. The van der Waals surface area contributed by atoms with Gasteiger partial charge in [-0.05, 0) is 61.3 Å². The molecule has 2 heterocycles. The number of aromatic amines is 1. The summed E-state index contributed by atoms with van der Waals surface area (Å²) in [5.74, 6) is 0.548. The number of fused-ring (bicyclic) bond motifs is 1. The molecular formula is C25H34N3O. The van der Waals surface area contributed by atoms with Crippen LogP contribution in [0.25, 0.3) is 6.08 Å². The first-order valence-corrected chi connectivity index (χ1v) is 10.9. The van der Waals surface area contributed by atoms with Gasteiger partial charge in [-0.3, -0.25) is 4.79 Å². The fourth-order valence-electron chi connectivity index (χ4n) is 3.87. The number of rotatable bonds is 10. The molecule has 0 saturated carbocycles. The molecule has 1 unspecified atom stereocenters. The van der Waals surface area contributed by atoms with Crippen molar-refractivity contribution in [2.45, 2.75) is 45.4 Å². The quantitative estimate of drug-likeness (QED) is 0.601. The number of aromatic nitrogens is 1. The molecule has 3 rings (SSSR count). The number of aryl methyl sites for hydroxylation is 1. The average Bonchev–Trinajstić information content (AvgIpc) is 2.96. The first kappa shape index (κ1) is 21.2. The van der Waals surface area contributed by atoms with Crippen LogP contribution in [-0.4, -0.2) is 28.9 Å². The highest BCUT2D eigenvalue weighted by molar-refractivity contribution is 5.79. The van der Waals surface area contributed by atoms with Crippen LogP contribution in [0.4, 0.5) is 0 Å². The third kappa shape index (κ3) is 6.25. The Bertz CT molecular complexity index is 768. The van der Waals surface area contributed by atoms with Gasteiger partial charge in [-0.1, -0.05) is 44.6 Å². The number of nitrogens with zero attached hydrogens (tertiary/aromatic N) is 1. The number of hydrogen-bond acceptors (Lipinski definition) is 2. The van der Waals surface area contributed by atoms with E-state index in [-0.39, 0.29) is 11.8 Å². The number of hydrogen-bond donors (Lipinski definition) is 2. The van der Waals surface area contributed by atoms with Crippen LogP contribution in [0.2, 0.25) is 0 Å². The van der Waals surface area contributed by atoms with Crippen molar-refractivity contribution in [1.29, 1.82) is 0 Å². The van der Waals surface area contributed by atoms with Gasteiger partial charge in [0, 0.05) is 43.3 Å². The van der Waals surface area contributed by atoms with Crippen molar-refractivity contribution >= 4 is 12.0 Å². The van der Waals surface area contributed by atoms with Gasteiger partial charge in [0.25, 0.3) is 0 Å². The highest BCUT2D eigenvalue weighted by atomic mass is 16.1. The molecule has 0 bridgehead atoms. The molecule has 4 nitrogen and oxygen atoms in total. The molecule has 1 aliphatic heterocycles. The van der Waals surface area contributed by atoms with Crippen LogP contribution in [0.5, 0.6) is 0 Å². The molecular weight excluding hydrogens is 358 g/mol. The van der Waals surface area contributed by atoms with E-state index in [1.807, 2.05) is 36.7 Å². The molecule has 29 heavy (non-hydrogen) atoms. The molecule has 1 aromatic rings. The maximum Gasteiger partial charge on any atom is 0.223 e. The minimum atomic E-state index is -0.0158. The van der Waals surface area contributed by atoms with Crippen LogP contribution in [-0.2, 0) is 17.6 Å². The molecule has 0 spiro atoms. The monoisotopic (exact) mass is 392 g/mol. The second-order valence-electron chi connectivity index (χ2n) is 8.00. The lowest BCUT2D eigenvalue weighted by atomic mass is 9.88. The molecule has 2 aliphatic rings. The number of allylic oxidation sites excluding steroid dienone is 5. The summed E-state index contributed by atoms with van der Waals surface area (Å²) in [6.45, 7) is 7.78. The molecule has 155 valence electrons. The highest BCUT2D eigenvalue weighted by Crippen LogP contribution is 2.26. The molecule has 0 saturated heterocycles. The molecule has 2 N–H and O–H groups in total. The largest absolute Gasteiger partial charge is 0.364 e. The van der Waals surface area contributed by atoms with Gasteiger partial charge in [0.05, 0.1) is 0 Å². The van der Waals surface area contributed by atoms with E-state index in [2.05, 4.69) is 47.4 Å². The van der Waals surface area contributed by atoms with Gasteiger partial charge >= 0.3 is 0 Å². The maximum absolute atomic E-state index is 13.0. The Balaban J connectivity index is 1.59. The van der Waals surface area contributed by atoms with Crippen molar-refractivity contribution in [2.24, 2.45) is 11.8 Å². The third-order valence-electron chi connectivity index (χ3n) is 5.83. The Labute approximate surface area is 175 Å². The Hall–Kier alpha value is -2.49. The first-order chi connectivity index (χ1) is 14.2. The van der Waals surface area contributed by atoms with E-state index in [1.54, 1.807) is 0 Å². The normalized spacial score (nSPS) is 17.1. The highest BCUT2D eigenvalue weighted by Gasteiger charge is 2.22. The van der Waals surface area contributed by atoms with Crippen molar-refractivity contribution in [2.75, 3.05) is 13.1 Å². The van der Waals surface area contributed by atoms with Crippen molar-refractivity contribution < 1.29 is 4.79 Å². The van der Waals surface area contributed by atoms with Crippen LogP contribution in [0.15, 0.2) is 49.0 Å². The smallest absolute Gasteiger partial charge is 0.223 e. The SMILES string of the molecule is [CH2]C(CC)CC[C@H](Cc1c[nH]c2c1C=CCC2)C(=O)NCCN1C=CC=CC=C1. The Morgan fingerprint density at radius 2 is 2.03 bits per heavy atom. The zero-order chi connectivity index (χ0) is 20.5. The van der Waals surface area contributed by atoms with Gasteiger partial charge in [0.1, 0.15) is 0 Å². The lowest BCUT2D eigenvalue weighted by molar-refractivity contribution is -0.125. The van der Waals surface area contributed by atoms with Crippen molar-refractivity contribution in [3.63, 3.8) is 0 Å². The summed E-state index contributed by atoms with van der Waals surface area (Å²) in [7, 11) is 0. The summed E-state index contributed by atoms with van der Waals surface area (Å²) in [5, 5.41) is 3.17. The fraction of sp³-hybridized carbons (Fsp3) is 0.440. The van der Waals surface area contributed by atoms with Crippen LogP contribution < -0.4 is 5.32 Å². The van der Waals surface area contributed by atoms with Gasteiger partial charge in [-0.25, -0.2) is 0 Å². The van der Waals surface area contributed by atoms with Gasteiger partial charge in [-0.2, -0.15) is 0 Å². The van der Waals surface area contributed by atoms with Crippen molar-refractivity contribution in [1.82, 2.24) is 15.2 Å². The molecule has 1 amide bonds. The Morgan fingerprint density at radius 3 is 2.79 bits per heavy atom. The second kappa shape index (κ2) is 10.9. The minimum Gasteiger partial charge on any atom is -0.364 e. The standard InChI is InChI=1S/C25H34N3O/c1-3-20(2)12-13-21(18-22-19-27-24-11-7-6-10-23(22)24)25(29)26-14-17-28-15-8-4-5-9-16-28/h4-6,8-10,15-16,19-21,27H,2-3,7,11-14,17-18H2,1H3,(H,26,29)/t20?,21-/m1/s1. The molecule has 0 aromatic carbocycles. The zero-order valence-corrected chi connectivity index (χ0v) is 17.6. The lowest BCUT2D eigenvalue weighted by Crippen LogP contribution is -2.36. The van der Waals surface area contributed by atoms with E-state index in [0.717, 1.165) is 45.1 Å². The topological polar surface area (TPSA) is 48.1 Å². The summed E-state index contributed by atoms with van der Waals surface area (Å²) in [4.78, 5) is 18.5. The third-order valence-corrected chi connectivity index (χ3v) is 5.83. The van der Waals surface area contributed by atoms with E-state index in [0.29, 0.717) is 12.5 Å². The number of carbonyl (C=O) groups excluding carboxylic acids is 1. The average molecular weight is 393 g/mol. The first-order valence-electron chi connectivity index (χ1n) is 10.9. The van der Waals surface area contributed by atoms with E-state index in [1.165, 1.54) is 16.8 Å². The fourth-order valence-corrected chi connectivity index (χ4v) is 3.87. The molecule has 1 radical (unpaired) electrons. The van der Waals surface area contributed by atoms with Crippen molar-refractivity contribution in [3.8, 4) is 0 Å². The Morgan fingerprint density at radius 1 is 1.24 bits per heavy atom. The van der Waals surface area contributed by atoms with Gasteiger partial charge in [0.15, 0.2) is 0 Å². The number of nitrogens with one attached hydrogen (secondary N) is 2. The summed E-state index contributed by atoms with van der Waals surface area (Å²) in [5.41, 5.74) is 3.86. The molecule has 1 aliphatic carbocycles. The summed E-state index contributed by atoms with van der Waals surface area (Å²) in [6, 6.07) is 0. The number of carbonyl (C=O) groups is 1. The number of H-pyrrole nitrogens is 1. The summed E-state index contributed by atoms with van der Waals surface area (Å²) >= 11 is 0. The predicted molar refractivity (Wildman–Crippen MR) is 121 cm³/mol. The maximum atomic E-state index is 13.0. The van der Waals surface area contributed by atoms with E-state index >= 15 is 0 Å². The molecule has 4 heteroatoms. The van der Waals surface area contributed by atoms with Crippen LogP contribution in [0.3, 0.4) is 0 Å². The van der Waals surface area contributed by atoms with E-state index in [9.17, 15) is 4.79 Å². The molecule has 1 aromatic heterocycles. The van der Waals surface area contributed by atoms with Gasteiger partial charge in [-0.15, -0.1) is 0 Å². The summed E-state index contributed by atoms with van der Waals surface area (Å²) in [6.07, 6.45) is 24.5. The summed E-state index contributed by atoms with van der Waals surface area (Å²) < 4.78 is 0. The second-order valence-corrected chi connectivity index (χ2v) is 8.00. The minimum absolute atomic E-state index is 0.0158. The predicted octanol–water partition coefficient (Wildman–Crippen LogP) is 4.79. The van der Waals surface area contributed by atoms with Gasteiger partial charge in [0.2, 0.25) is 5.91 Å². The van der Waals surface area contributed by atoms with Crippen LogP contribution in [0.1, 0.15) is 49.4 Å². The van der Waals surface area contributed by atoms with Crippen molar-refractivity contribution in [3.05, 3.63) is 72.7 Å². The van der Waals surface area contributed by atoms with E-state index < -0.39 is 0 Å². The lowest BCUT2D eigenvalue weighted by Gasteiger charge is -2.20. The van der Waals surface area contributed by atoms with E-state index in [4.69, 9.17) is 0 Å². The van der Waals surface area contributed by atoms with Crippen LogP contribution in [0, 0.1) is 18.8 Å². The van der Waals surface area contributed by atoms with Crippen LogP contribution >= 0.6 is 0 Å². The zero-order valence-electron chi connectivity index (χ0n) is 17.6. The van der Waals surface area contributed by atoms with Gasteiger partial charge < -0.3 is 15.2 Å².